The summed E-state index contributed by atoms with van der Waals surface area (Å²) in [5, 5.41) is 0. The number of hydrogen-bond acceptors (Lipinski definition) is 2. The third-order valence-corrected chi connectivity index (χ3v) is 3.61. The van der Waals surface area contributed by atoms with Crippen molar-refractivity contribution in [2.24, 2.45) is 11.5 Å². The average molecular weight is 298 g/mol. The Morgan fingerprint density at radius 1 is 0.773 bits per heavy atom. The second-order valence-corrected chi connectivity index (χ2v) is 6.68. The molecule has 0 aromatic heterocycles. The van der Waals surface area contributed by atoms with E-state index < -0.39 is 0 Å². The molecular formula is C20H30N2. The van der Waals surface area contributed by atoms with E-state index in [4.69, 9.17) is 11.5 Å². The molecule has 2 aromatic rings. The lowest BCUT2D eigenvalue weighted by Crippen LogP contribution is -2.10. The number of rotatable bonds is 3. The fraction of sp³-hybridized carbons (Fsp3) is 0.400. The lowest BCUT2D eigenvalue weighted by Gasteiger charge is -2.18. The van der Waals surface area contributed by atoms with Gasteiger partial charge in [-0.1, -0.05) is 74.9 Å². The van der Waals surface area contributed by atoms with Gasteiger partial charge in [0.15, 0.2) is 0 Å². The van der Waals surface area contributed by atoms with Crippen LogP contribution in [0.25, 0.3) is 0 Å². The van der Waals surface area contributed by atoms with Crippen LogP contribution in [0.1, 0.15) is 43.0 Å². The van der Waals surface area contributed by atoms with E-state index in [-0.39, 0.29) is 5.41 Å². The molecule has 0 aliphatic carbocycles. The highest BCUT2D eigenvalue weighted by Gasteiger charge is 2.12. The molecule has 0 heterocycles. The van der Waals surface area contributed by atoms with Gasteiger partial charge in [0, 0.05) is 6.54 Å². The Kier molecular flexibility index (Phi) is 7.30. The molecule has 0 amide bonds. The molecule has 0 saturated heterocycles. The average Bonchev–Trinajstić information content (AvgIpc) is 2.50. The zero-order chi connectivity index (χ0) is 16.6. The van der Waals surface area contributed by atoms with Crippen LogP contribution in [0.15, 0.2) is 48.5 Å². The quantitative estimate of drug-likeness (QED) is 0.901. The van der Waals surface area contributed by atoms with Gasteiger partial charge in [0.05, 0.1) is 0 Å². The molecule has 2 aromatic carbocycles. The van der Waals surface area contributed by atoms with E-state index in [1.54, 1.807) is 0 Å². The van der Waals surface area contributed by atoms with Crippen LogP contribution in [-0.4, -0.2) is 6.54 Å². The summed E-state index contributed by atoms with van der Waals surface area (Å²) in [5.74, 6) is 0. The fourth-order valence-corrected chi connectivity index (χ4v) is 2.06. The Labute approximate surface area is 135 Å². The van der Waals surface area contributed by atoms with Gasteiger partial charge in [-0.25, -0.2) is 0 Å². The zero-order valence-electron chi connectivity index (χ0n) is 14.4. The first-order chi connectivity index (χ1) is 10.4. The van der Waals surface area contributed by atoms with Gasteiger partial charge in [0.25, 0.3) is 0 Å². The Morgan fingerprint density at radius 2 is 1.27 bits per heavy atom. The number of benzene rings is 2. The van der Waals surface area contributed by atoms with Gasteiger partial charge in [0.2, 0.25) is 0 Å². The minimum Gasteiger partial charge on any atom is -0.330 e. The van der Waals surface area contributed by atoms with Gasteiger partial charge >= 0.3 is 0 Å². The van der Waals surface area contributed by atoms with Crippen molar-refractivity contribution >= 4 is 0 Å². The maximum Gasteiger partial charge on any atom is 0.0178 e. The lowest BCUT2D eigenvalue weighted by atomic mass is 9.87. The van der Waals surface area contributed by atoms with Gasteiger partial charge < -0.3 is 11.5 Å². The number of hydrogen-bond donors (Lipinski definition) is 2. The van der Waals surface area contributed by atoms with E-state index in [1.807, 2.05) is 0 Å². The topological polar surface area (TPSA) is 52.0 Å². The maximum atomic E-state index is 5.51. The van der Waals surface area contributed by atoms with Crippen LogP contribution in [0.5, 0.6) is 0 Å². The second-order valence-electron chi connectivity index (χ2n) is 6.68. The van der Waals surface area contributed by atoms with Crippen molar-refractivity contribution in [3.05, 3.63) is 70.8 Å². The summed E-state index contributed by atoms with van der Waals surface area (Å²) in [7, 11) is 0. The highest BCUT2D eigenvalue weighted by atomic mass is 14.5. The van der Waals surface area contributed by atoms with Crippen LogP contribution in [0.4, 0.5) is 0 Å². The van der Waals surface area contributed by atoms with Crippen molar-refractivity contribution in [2.45, 2.75) is 46.1 Å². The molecule has 0 radical (unpaired) electrons. The molecule has 0 atom stereocenters. The van der Waals surface area contributed by atoms with Crippen LogP contribution in [-0.2, 0) is 18.4 Å². The summed E-state index contributed by atoms with van der Waals surface area (Å²) >= 11 is 0. The highest BCUT2D eigenvalue weighted by Crippen LogP contribution is 2.21. The first-order valence-corrected chi connectivity index (χ1v) is 7.92. The summed E-state index contributed by atoms with van der Waals surface area (Å²) < 4.78 is 0. The Balaban J connectivity index is 0.000000224. The van der Waals surface area contributed by atoms with Crippen LogP contribution in [0.2, 0.25) is 0 Å². The Bertz CT molecular complexity index is 533. The fourth-order valence-electron chi connectivity index (χ4n) is 2.06. The SMILES string of the molecule is CC(C)(C)c1ccc(CN)cc1.Cc1ccc(CCN)cc1. The molecule has 0 unspecified atom stereocenters. The van der Waals surface area contributed by atoms with E-state index in [0.717, 1.165) is 13.0 Å². The molecule has 0 aliphatic heterocycles. The third-order valence-electron chi connectivity index (χ3n) is 3.61. The molecule has 0 spiro atoms. The maximum absolute atomic E-state index is 5.51. The molecule has 2 heteroatoms. The molecule has 2 nitrogen and oxygen atoms in total. The molecular weight excluding hydrogens is 268 g/mol. The minimum absolute atomic E-state index is 0.243. The molecule has 0 aliphatic rings. The van der Waals surface area contributed by atoms with Crippen molar-refractivity contribution in [2.75, 3.05) is 6.54 Å². The van der Waals surface area contributed by atoms with E-state index in [0.29, 0.717) is 6.54 Å². The first-order valence-electron chi connectivity index (χ1n) is 7.92. The van der Waals surface area contributed by atoms with Gasteiger partial charge in [0.1, 0.15) is 0 Å². The molecule has 0 saturated carbocycles. The summed E-state index contributed by atoms with van der Waals surface area (Å²) in [6.07, 6.45) is 0.986. The van der Waals surface area contributed by atoms with E-state index in [1.165, 1.54) is 22.3 Å². The molecule has 2 rings (SSSR count). The van der Waals surface area contributed by atoms with Gasteiger partial charge in [-0.15, -0.1) is 0 Å². The van der Waals surface area contributed by atoms with Crippen LogP contribution in [0.3, 0.4) is 0 Å². The number of nitrogens with two attached hydrogens (primary N) is 2. The summed E-state index contributed by atoms with van der Waals surface area (Å²) in [6.45, 7) is 10.1. The van der Waals surface area contributed by atoms with Crippen molar-refractivity contribution in [3.8, 4) is 0 Å². The van der Waals surface area contributed by atoms with Crippen LogP contribution in [0, 0.1) is 6.92 Å². The molecule has 22 heavy (non-hydrogen) atoms. The summed E-state index contributed by atoms with van der Waals surface area (Å²) in [6, 6.07) is 17.0. The standard InChI is InChI=1S/C11H17N.C9H13N/c1-11(2,3)10-6-4-9(8-12)5-7-10;1-8-2-4-9(5-3-8)6-7-10/h4-7H,8,12H2,1-3H3;2-5H,6-7,10H2,1H3. The zero-order valence-corrected chi connectivity index (χ0v) is 14.4. The van der Waals surface area contributed by atoms with Gasteiger partial charge in [-0.2, -0.15) is 0 Å². The minimum atomic E-state index is 0.243. The van der Waals surface area contributed by atoms with Gasteiger partial charge in [-0.05, 0) is 42.0 Å². The largest absolute Gasteiger partial charge is 0.330 e. The van der Waals surface area contributed by atoms with Crippen LogP contribution < -0.4 is 11.5 Å². The predicted octanol–water partition coefficient (Wildman–Crippen LogP) is 3.94. The Hall–Kier alpha value is -1.64. The normalized spacial score (nSPS) is 10.8. The number of aryl methyl sites for hydroxylation is 1. The molecule has 0 bridgehead atoms. The smallest absolute Gasteiger partial charge is 0.0178 e. The van der Waals surface area contributed by atoms with Gasteiger partial charge in [-0.3, -0.25) is 0 Å². The highest BCUT2D eigenvalue weighted by molar-refractivity contribution is 5.27. The first kappa shape index (κ1) is 18.4. The van der Waals surface area contributed by atoms with Crippen molar-refractivity contribution < 1.29 is 0 Å². The second kappa shape index (κ2) is 8.72. The van der Waals surface area contributed by atoms with Crippen molar-refractivity contribution in [3.63, 3.8) is 0 Å². The molecule has 0 fully saturated rings. The lowest BCUT2D eigenvalue weighted by molar-refractivity contribution is 0.590. The third kappa shape index (κ3) is 6.42. The summed E-state index contributed by atoms with van der Waals surface area (Å²) in [5.41, 5.74) is 16.3. The summed E-state index contributed by atoms with van der Waals surface area (Å²) in [4.78, 5) is 0. The van der Waals surface area contributed by atoms with E-state index in [2.05, 4.69) is 76.2 Å². The van der Waals surface area contributed by atoms with Crippen LogP contribution >= 0.6 is 0 Å². The Morgan fingerprint density at radius 3 is 1.68 bits per heavy atom. The van der Waals surface area contributed by atoms with E-state index >= 15 is 0 Å². The predicted molar refractivity (Wildman–Crippen MR) is 97.0 cm³/mol. The monoisotopic (exact) mass is 298 g/mol. The van der Waals surface area contributed by atoms with Crippen molar-refractivity contribution in [1.82, 2.24) is 0 Å². The molecule has 4 N–H and O–H groups in total. The molecule has 120 valence electrons. The van der Waals surface area contributed by atoms with Crippen molar-refractivity contribution in [1.29, 1.82) is 0 Å². The van der Waals surface area contributed by atoms with E-state index in [9.17, 15) is 0 Å².